The lowest BCUT2D eigenvalue weighted by Crippen LogP contribution is -2.36. The van der Waals surface area contributed by atoms with Crippen LogP contribution in [0.1, 0.15) is 29.8 Å². The Bertz CT molecular complexity index is 1450. The Morgan fingerprint density at radius 1 is 1.06 bits per heavy atom. The Labute approximate surface area is 209 Å². The Kier molecular flexibility index (Phi) is 5.87. The topological polar surface area (TPSA) is 92.4 Å². The second-order valence-electron chi connectivity index (χ2n) is 9.11. The lowest BCUT2D eigenvalue weighted by molar-refractivity contribution is 0.122. The zero-order chi connectivity index (χ0) is 24.5. The first kappa shape index (κ1) is 22.3. The molecule has 4 heterocycles. The van der Waals surface area contributed by atoms with Crippen molar-refractivity contribution in [1.29, 1.82) is 0 Å². The monoisotopic (exact) mass is 481 g/mol. The normalized spacial score (nSPS) is 15.4. The summed E-state index contributed by atoms with van der Waals surface area (Å²) in [5.41, 5.74) is 6.47. The molecule has 8 nitrogen and oxygen atoms in total. The van der Waals surface area contributed by atoms with Gasteiger partial charge in [0.05, 0.1) is 36.8 Å². The van der Waals surface area contributed by atoms with Gasteiger partial charge in [0.1, 0.15) is 11.5 Å². The molecule has 182 valence electrons. The highest BCUT2D eigenvalue weighted by Gasteiger charge is 2.22. The lowest BCUT2D eigenvalue weighted by Gasteiger charge is -2.29. The molecule has 2 aromatic heterocycles. The van der Waals surface area contributed by atoms with E-state index in [0.29, 0.717) is 13.2 Å². The number of rotatable bonds is 5. The number of ether oxygens (including phenoxy) is 2. The summed E-state index contributed by atoms with van der Waals surface area (Å²) in [5, 5.41) is 3.50. The maximum atomic E-state index is 12.6. The minimum atomic E-state index is -0.129. The highest BCUT2D eigenvalue weighted by molar-refractivity contribution is 5.74. The van der Waals surface area contributed by atoms with Crippen molar-refractivity contribution in [3.8, 4) is 22.8 Å². The number of pyridine rings is 1. The number of aromatic nitrogens is 3. The average Bonchev–Trinajstić information content (AvgIpc) is 2.92. The van der Waals surface area contributed by atoms with Gasteiger partial charge in [-0.15, -0.1) is 0 Å². The molecule has 0 bridgehead atoms. The quantitative estimate of drug-likeness (QED) is 0.381. The summed E-state index contributed by atoms with van der Waals surface area (Å²) < 4.78 is 11.9. The fourth-order valence-electron chi connectivity index (χ4n) is 4.81. The van der Waals surface area contributed by atoms with Gasteiger partial charge < -0.3 is 24.7 Å². The predicted octanol–water partition coefficient (Wildman–Crippen LogP) is 4.54. The summed E-state index contributed by atoms with van der Waals surface area (Å²) in [7, 11) is 0. The maximum Gasteiger partial charge on any atom is 0.250 e. The zero-order valence-electron chi connectivity index (χ0n) is 20.0. The minimum Gasteiger partial charge on any atom is -0.456 e. The van der Waals surface area contributed by atoms with E-state index in [4.69, 9.17) is 9.47 Å². The second-order valence-corrected chi connectivity index (χ2v) is 9.11. The number of aromatic amines is 1. The molecular weight excluding hydrogens is 454 g/mol. The summed E-state index contributed by atoms with van der Waals surface area (Å²) in [5.74, 6) is 1.60. The van der Waals surface area contributed by atoms with E-state index in [1.165, 1.54) is 0 Å². The number of fused-ring (bicyclic) bond motifs is 2. The highest BCUT2D eigenvalue weighted by atomic mass is 16.5. The van der Waals surface area contributed by atoms with Crippen LogP contribution in [0.4, 0.5) is 11.4 Å². The third kappa shape index (κ3) is 4.43. The van der Waals surface area contributed by atoms with Gasteiger partial charge in [-0.25, -0.2) is 0 Å². The van der Waals surface area contributed by atoms with E-state index in [2.05, 4.69) is 44.2 Å². The number of morpholine rings is 1. The fraction of sp³-hybridized carbons (Fsp3) is 0.250. The van der Waals surface area contributed by atoms with Crippen LogP contribution in [0.25, 0.3) is 11.3 Å². The van der Waals surface area contributed by atoms with Gasteiger partial charge >= 0.3 is 0 Å². The molecule has 2 aliphatic rings. The van der Waals surface area contributed by atoms with Crippen molar-refractivity contribution >= 4 is 11.4 Å². The van der Waals surface area contributed by atoms with Crippen LogP contribution in [0.2, 0.25) is 0 Å². The molecule has 1 atom stereocenters. The van der Waals surface area contributed by atoms with Gasteiger partial charge in [0.15, 0.2) is 0 Å². The molecule has 2 aliphatic heterocycles. The number of nitrogens with one attached hydrogen (secondary N) is 2. The van der Waals surface area contributed by atoms with Crippen molar-refractivity contribution in [3.05, 3.63) is 94.3 Å². The van der Waals surface area contributed by atoms with Crippen molar-refractivity contribution in [2.24, 2.45) is 0 Å². The third-order valence-electron chi connectivity index (χ3n) is 6.66. The first-order valence-corrected chi connectivity index (χ1v) is 12.2. The number of hydrogen-bond acceptors (Lipinski definition) is 7. The summed E-state index contributed by atoms with van der Waals surface area (Å²) in [6, 6.07) is 15.9. The summed E-state index contributed by atoms with van der Waals surface area (Å²) in [6.07, 6.45) is 5.88. The Morgan fingerprint density at radius 2 is 1.94 bits per heavy atom. The number of hydrogen-bond donors (Lipinski definition) is 2. The van der Waals surface area contributed by atoms with E-state index in [-0.39, 0.29) is 11.6 Å². The van der Waals surface area contributed by atoms with Crippen molar-refractivity contribution in [2.45, 2.75) is 19.4 Å². The van der Waals surface area contributed by atoms with Gasteiger partial charge in [-0.2, -0.15) is 0 Å². The first-order valence-electron chi connectivity index (χ1n) is 12.2. The second kappa shape index (κ2) is 9.47. The summed E-state index contributed by atoms with van der Waals surface area (Å²) in [4.78, 5) is 26.3. The van der Waals surface area contributed by atoms with Crippen LogP contribution >= 0.6 is 0 Å². The molecule has 0 aliphatic carbocycles. The van der Waals surface area contributed by atoms with Crippen LogP contribution in [0, 0.1) is 0 Å². The van der Waals surface area contributed by atoms with E-state index in [9.17, 15) is 4.79 Å². The molecular formula is C28H27N5O3. The first-order chi connectivity index (χ1) is 17.6. The molecule has 2 aromatic carbocycles. The molecule has 36 heavy (non-hydrogen) atoms. The molecule has 4 aromatic rings. The molecule has 1 unspecified atom stereocenters. The van der Waals surface area contributed by atoms with E-state index in [1.807, 2.05) is 30.3 Å². The standard InChI is InChI=1S/C28H27N5O3/c1-18(25-17-29-7-8-30-25)31-21-5-6-26-20(14-21)13-19-3-2-4-23(28(19)36-26)24-15-22(16-27(34)32-24)33-9-11-35-12-10-33/h2-8,14-18,31H,9-13H2,1H3,(H,32,34). The smallest absolute Gasteiger partial charge is 0.250 e. The molecule has 6 rings (SSSR count). The number of benzene rings is 2. The van der Waals surface area contributed by atoms with Gasteiger partial charge in [-0.05, 0) is 42.8 Å². The van der Waals surface area contributed by atoms with Gasteiger partial charge in [0, 0.05) is 60.5 Å². The summed E-state index contributed by atoms with van der Waals surface area (Å²) in [6.45, 7) is 4.93. The zero-order valence-corrected chi connectivity index (χ0v) is 20.0. The van der Waals surface area contributed by atoms with Crippen LogP contribution < -0.4 is 20.5 Å². The number of para-hydroxylation sites is 1. The van der Waals surface area contributed by atoms with Gasteiger partial charge in [-0.1, -0.05) is 12.1 Å². The van der Waals surface area contributed by atoms with Gasteiger partial charge in [-0.3, -0.25) is 14.8 Å². The van der Waals surface area contributed by atoms with Crippen molar-refractivity contribution in [3.63, 3.8) is 0 Å². The van der Waals surface area contributed by atoms with Crippen molar-refractivity contribution < 1.29 is 9.47 Å². The molecule has 0 spiro atoms. The van der Waals surface area contributed by atoms with E-state index in [1.54, 1.807) is 24.7 Å². The summed E-state index contributed by atoms with van der Waals surface area (Å²) >= 11 is 0. The molecule has 8 heteroatoms. The van der Waals surface area contributed by atoms with Crippen LogP contribution in [0.15, 0.2) is 71.9 Å². The Hall–Kier alpha value is -4.17. The highest BCUT2D eigenvalue weighted by Crippen LogP contribution is 2.43. The van der Waals surface area contributed by atoms with Crippen LogP contribution in [-0.2, 0) is 11.2 Å². The maximum absolute atomic E-state index is 12.6. The fourth-order valence-corrected chi connectivity index (χ4v) is 4.81. The van der Waals surface area contributed by atoms with E-state index in [0.717, 1.165) is 70.5 Å². The molecule has 0 amide bonds. The average molecular weight is 482 g/mol. The molecule has 1 saturated heterocycles. The van der Waals surface area contributed by atoms with Crippen molar-refractivity contribution in [1.82, 2.24) is 15.0 Å². The molecule has 0 saturated carbocycles. The van der Waals surface area contributed by atoms with Gasteiger partial charge in [0.2, 0.25) is 5.56 Å². The Morgan fingerprint density at radius 3 is 2.78 bits per heavy atom. The third-order valence-corrected chi connectivity index (χ3v) is 6.66. The van der Waals surface area contributed by atoms with Crippen LogP contribution in [0.3, 0.4) is 0 Å². The molecule has 2 N–H and O–H groups in total. The lowest BCUT2D eigenvalue weighted by atomic mass is 9.96. The minimum absolute atomic E-state index is 0.0238. The number of anilines is 2. The van der Waals surface area contributed by atoms with Crippen LogP contribution in [0.5, 0.6) is 11.5 Å². The molecule has 1 fully saturated rings. The number of nitrogens with zero attached hydrogens (tertiary/aromatic N) is 3. The van der Waals surface area contributed by atoms with Crippen molar-refractivity contribution in [2.75, 3.05) is 36.5 Å². The number of H-pyrrole nitrogens is 1. The largest absolute Gasteiger partial charge is 0.456 e. The Balaban J connectivity index is 1.28. The van der Waals surface area contributed by atoms with E-state index < -0.39 is 0 Å². The predicted molar refractivity (Wildman–Crippen MR) is 139 cm³/mol. The van der Waals surface area contributed by atoms with E-state index >= 15 is 0 Å². The van der Waals surface area contributed by atoms with Gasteiger partial charge in [0.25, 0.3) is 0 Å². The van der Waals surface area contributed by atoms with Crippen LogP contribution in [-0.4, -0.2) is 41.3 Å². The SMILES string of the molecule is CC(Nc1ccc2c(c1)Cc1cccc(-c3cc(N4CCOCC4)cc(=O)[nH]3)c1O2)c1cnccn1. The molecule has 0 radical (unpaired) electrons.